The van der Waals surface area contributed by atoms with Gasteiger partial charge in [0.1, 0.15) is 0 Å². The molecule has 0 aliphatic heterocycles. The first-order valence-corrected chi connectivity index (χ1v) is 14.4. The fourth-order valence-electron chi connectivity index (χ4n) is 5.74. The number of fused-ring (bicyclic) bond motifs is 6. The van der Waals surface area contributed by atoms with Crippen molar-refractivity contribution in [3.05, 3.63) is 106 Å². The van der Waals surface area contributed by atoms with Crippen LogP contribution in [0.25, 0.3) is 49.9 Å². The van der Waals surface area contributed by atoms with E-state index >= 15 is 0 Å². The molecule has 0 radical (unpaired) electrons. The molecule has 1 atom stereocenters. The molecule has 37 heavy (non-hydrogen) atoms. The van der Waals surface area contributed by atoms with E-state index < -0.39 is 10.9 Å². The Kier molecular flexibility index (Phi) is 6.13. The summed E-state index contributed by atoms with van der Waals surface area (Å²) < 4.78 is 26.7. The number of nitrogens with one attached hydrogen (secondary N) is 1. The number of allylic oxidation sites excluding steroid dienone is 1. The zero-order chi connectivity index (χ0) is 25.7. The normalized spacial score (nSPS) is 14.9. The van der Waals surface area contributed by atoms with Crippen molar-refractivity contribution in [3.63, 3.8) is 0 Å². The van der Waals surface area contributed by atoms with Gasteiger partial charge in [0.25, 0.3) is 0 Å². The molecule has 1 unspecified atom stereocenters. The third kappa shape index (κ3) is 4.16. The van der Waals surface area contributed by atoms with E-state index in [1.165, 1.54) is 32.7 Å². The Hall–Kier alpha value is -3.41. The highest BCUT2D eigenvalue weighted by molar-refractivity contribution is 9.10. The third-order valence-electron chi connectivity index (χ3n) is 7.36. The molecule has 5 heteroatoms. The lowest BCUT2D eigenvalue weighted by Gasteiger charge is -2.24. The van der Waals surface area contributed by atoms with E-state index in [1.807, 2.05) is 12.1 Å². The molecule has 0 fully saturated rings. The average Bonchev–Trinajstić information content (AvgIpc) is 2.88. The quantitative estimate of drug-likeness (QED) is 0.168. The summed E-state index contributed by atoms with van der Waals surface area (Å²) in [6.45, 7) is 4.37. The fraction of sp³-hybridized carbons (Fsp3) is 0.125. The minimum absolute atomic E-state index is 0.423. The molecule has 5 aromatic carbocycles. The van der Waals surface area contributed by atoms with E-state index in [1.54, 1.807) is 6.07 Å². The van der Waals surface area contributed by atoms with Crippen LogP contribution in [0, 0.1) is 6.92 Å². The molecule has 0 amide bonds. The monoisotopic (exact) mass is 567 g/mol. The van der Waals surface area contributed by atoms with Crippen LogP contribution in [0.4, 0.5) is 5.69 Å². The number of benzene rings is 5. The van der Waals surface area contributed by atoms with Crippen molar-refractivity contribution in [1.29, 1.82) is 0 Å². The van der Waals surface area contributed by atoms with Gasteiger partial charge in [-0.1, -0.05) is 101 Å². The summed E-state index contributed by atoms with van der Waals surface area (Å²) >= 11 is 3.68. The molecule has 0 heterocycles. The molecule has 0 spiro atoms. The largest absolute Gasteiger partial charge is 0.285 e. The number of hydrogen-bond donors (Lipinski definition) is 2. The van der Waals surface area contributed by atoms with Crippen molar-refractivity contribution in [2.24, 2.45) is 0 Å². The van der Waals surface area contributed by atoms with Gasteiger partial charge >= 0.3 is 0 Å². The van der Waals surface area contributed by atoms with Gasteiger partial charge in [0.2, 0.25) is 10.9 Å². The second-order valence-electron chi connectivity index (χ2n) is 9.75. The number of rotatable bonds is 4. The first-order valence-electron chi connectivity index (χ1n) is 12.4. The second kappa shape index (κ2) is 9.47. The van der Waals surface area contributed by atoms with Crippen LogP contribution in [0.1, 0.15) is 36.0 Å². The van der Waals surface area contributed by atoms with Crippen LogP contribution in [0.5, 0.6) is 0 Å². The molecular weight excluding hydrogens is 542 g/mol. The molecular formula is C32H26BrNO2S. The molecule has 1 aliphatic rings. The standard InChI is InChI=1S/C32H26BrNO2S/c1-19-13-15-22(27(17-19)32-29(33)11-6-12-30(32)34-37(35)36)21-14-16-25-23-8-3-4-9-24(23)26-10-5-7-20(2)31(26)28(25)18-21/h3-6,8-18,20,37H,7H2,1-2H3,(H,34,35,36). The molecule has 1 N–H and O–H groups in total. The van der Waals surface area contributed by atoms with Gasteiger partial charge < -0.3 is 0 Å². The van der Waals surface area contributed by atoms with Gasteiger partial charge in [-0.2, -0.15) is 0 Å². The molecule has 184 valence electrons. The number of anilines is 1. The first kappa shape index (κ1) is 24.0. The number of hydrogen-bond acceptors (Lipinski definition) is 2. The molecule has 1 aliphatic carbocycles. The van der Waals surface area contributed by atoms with Crippen LogP contribution < -0.4 is 4.72 Å². The Morgan fingerprint density at radius 1 is 0.838 bits per heavy atom. The summed E-state index contributed by atoms with van der Waals surface area (Å²) in [4.78, 5) is 0. The third-order valence-corrected chi connectivity index (χ3v) is 8.44. The van der Waals surface area contributed by atoms with Crippen molar-refractivity contribution in [1.82, 2.24) is 0 Å². The highest BCUT2D eigenvalue weighted by Gasteiger charge is 2.21. The number of aryl methyl sites for hydroxylation is 1. The van der Waals surface area contributed by atoms with Gasteiger partial charge in [0, 0.05) is 10.0 Å². The van der Waals surface area contributed by atoms with E-state index in [9.17, 15) is 8.42 Å². The summed E-state index contributed by atoms with van der Waals surface area (Å²) in [6.07, 6.45) is 5.60. The predicted octanol–water partition coefficient (Wildman–Crippen LogP) is 8.86. The first-order chi connectivity index (χ1) is 17.9. The summed E-state index contributed by atoms with van der Waals surface area (Å²) in [7, 11) is -2.80. The van der Waals surface area contributed by atoms with Gasteiger partial charge in [-0.05, 0) is 86.8 Å². The van der Waals surface area contributed by atoms with Crippen LogP contribution in [-0.4, -0.2) is 8.42 Å². The Balaban J connectivity index is 1.66. The lowest BCUT2D eigenvalue weighted by atomic mass is 9.80. The molecule has 0 bridgehead atoms. The van der Waals surface area contributed by atoms with Gasteiger partial charge in [0.05, 0.1) is 5.69 Å². The Morgan fingerprint density at radius 3 is 2.43 bits per heavy atom. The lowest BCUT2D eigenvalue weighted by Crippen LogP contribution is -2.03. The molecule has 3 nitrogen and oxygen atoms in total. The second-order valence-corrected chi connectivity index (χ2v) is 11.3. The zero-order valence-electron chi connectivity index (χ0n) is 20.6. The SMILES string of the molecule is Cc1ccc(-c2ccc3c(c2)c2c(c4ccccc43)C=CCC2C)c(-c2c(Br)cccc2N[SH](=O)=O)c1. The molecule has 5 aromatic rings. The minimum atomic E-state index is -2.80. The summed E-state index contributed by atoms with van der Waals surface area (Å²) in [5, 5.41) is 5.11. The zero-order valence-corrected chi connectivity index (χ0v) is 23.1. The van der Waals surface area contributed by atoms with E-state index in [0.717, 1.165) is 38.7 Å². The molecule has 6 rings (SSSR count). The maximum absolute atomic E-state index is 11.6. The van der Waals surface area contributed by atoms with Crippen LogP contribution >= 0.6 is 15.9 Å². The van der Waals surface area contributed by atoms with Gasteiger partial charge in [-0.25, -0.2) is 8.42 Å². The van der Waals surface area contributed by atoms with Crippen LogP contribution in [-0.2, 0) is 10.9 Å². The van der Waals surface area contributed by atoms with Gasteiger partial charge in [-0.3, -0.25) is 4.72 Å². The molecule has 0 aromatic heterocycles. The Bertz CT molecular complexity index is 1810. The highest BCUT2D eigenvalue weighted by Crippen LogP contribution is 2.45. The predicted molar refractivity (Wildman–Crippen MR) is 161 cm³/mol. The van der Waals surface area contributed by atoms with E-state index in [4.69, 9.17) is 0 Å². The van der Waals surface area contributed by atoms with Crippen LogP contribution in [0.3, 0.4) is 0 Å². The van der Waals surface area contributed by atoms with Crippen molar-refractivity contribution < 1.29 is 8.42 Å². The maximum Gasteiger partial charge on any atom is 0.222 e. The number of halogens is 1. The Morgan fingerprint density at radius 2 is 1.62 bits per heavy atom. The van der Waals surface area contributed by atoms with E-state index in [0.29, 0.717) is 11.6 Å². The fourth-order valence-corrected chi connectivity index (χ4v) is 6.70. The van der Waals surface area contributed by atoms with Gasteiger partial charge in [-0.15, -0.1) is 0 Å². The van der Waals surface area contributed by atoms with Crippen LogP contribution in [0.2, 0.25) is 0 Å². The molecule has 0 saturated carbocycles. The summed E-state index contributed by atoms with van der Waals surface area (Å²) in [5.74, 6) is 0.423. The van der Waals surface area contributed by atoms with Crippen molar-refractivity contribution in [3.8, 4) is 22.3 Å². The topological polar surface area (TPSA) is 46.2 Å². The average molecular weight is 569 g/mol. The number of thiol groups is 1. The van der Waals surface area contributed by atoms with Crippen molar-refractivity contribution in [2.45, 2.75) is 26.2 Å². The smallest absolute Gasteiger partial charge is 0.222 e. The van der Waals surface area contributed by atoms with Crippen LogP contribution in [0.15, 0.2) is 89.4 Å². The van der Waals surface area contributed by atoms with E-state index in [-0.39, 0.29) is 0 Å². The lowest BCUT2D eigenvalue weighted by molar-refractivity contribution is 0.619. The summed E-state index contributed by atoms with van der Waals surface area (Å²) in [5.41, 5.74) is 8.36. The maximum atomic E-state index is 11.6. The van der Waals surface area contributed by atoms with Gasteiger partial charge in [0.15, 0.2) is 0 Å². The van der Waals surface area contributed by atoms with E-state index in [2.05, 4.69) is 107 Å². The summed E-state index contributed by atoms with van der Waals surface area (Å²) in [6, 6.07) is 27.4. The Labute approximate surface area is 227 Å². The molecule has 0 saturated heterocycles. The van der Waals surface area contributed by atoms with Crippen molar-refractivity contribution >= 4 is 60.1 Å². The minimum Gasteiger partial charge on any atom is -0.285 e. The van der Waals surface area contributed by atoms with Crippen molar-refractivity contribution in [2.75, 3.05) is 4.72 Å². The highest BCUT2D eigenvalue weighted by atomic mass is 79.9.